The predicted molar refractivity (Wildman–Crippen MR) is 127 cm³/mol. The Labute approximate surface area is 187 Å². The molecule has 0 fully saturated rings. The van der Waals surface area contributed by atoms with Gasteiger partial charge in [-0.2, -0.15) is 0 Å². The fraction of sp³-hybridized carbons (Fsp3) is 0.667. The zero-order valence-electron chi connectivity index (χ0n) is 17.6. The zero-order chi connectivity index (χ0) is 19.3. The van der Waals surface area contributed by atoms with Crippen molar-refractivity contribution in [2.75, 3.05) is 53.6 Å². The van der Waals surface area contributed by atoms with Crippen LogP contribution >= 0.6 is 24.0 Å². The second kappa shape index (κ2) is 15.0. The first-order valence-electron chi connectivity index (χ1n) is 10.1. The SMILES string of the molecule is CCC(CNC(=NC)NCCCOCCOC)N1CCc2ccccc2C1.I. The highest BCUT2D eigenvalue weighted by atomic mass is 127. The Balaban J connectivity index is 0.00000392. The Morgan fingerprint density at radius 2 is 1.96 bits per heavy atom. The van der Waals surface area contributed by atoms with Gasteiger partial charge in [0.05, 0.1) is 13.2 Å². The number of hydrogen-bond donors (Lipinski definition) is 2. The molecule has 0 saturated heterocycles. The smallest absolute Gasteiger partial charge is 0.191 e. The molecule has 1 unspecified atom stereocenters. The van der Waals surface area contributed by atoms with Crippen molar-refractivity contribution in [2.45, 2.75) is 38.8 Å². The lowest BCUT2D eigenvalue weighted by atomic mass is 9.98. The van der Waals surface area contributed by atoms with E-state index >= 15 is 0 Å². The molecule has 0 saturated carbocycles. The van der Waals surface area contributed by atoms with Gasteiger partial charge in [-0.15, -0.1) is 24.0 Å². The normalized spacial score (nSPS) is 15.5. The molecule has 0 radical (unpaired) electrons. The van der Waals surface area contributed by atoms with Crippen LogP contribution in [-0.4, -0.2) is 70.5 Å². The maximum Gasteiger partial charge on any atom is 0.191 e. The van der Waals surface area contributed by atoms with Gasteiger partial charge in [0.2, 0.25) is 0 Å². The van der Waals surface area contributed by atoms with Crippen LogP contribution in [-0.2, 0) is 22.4 Å². The highest BCUT2D eigenvalue weighted by molar-refractivity contribution is 14.0. The van der Waals surface area contributed by atoms with Gasteiger partial charge >= 0.3 is 0 Å². The van der Waals surface area contributed by atoms with Crippen LogP contribution in [0.25, 0.3) is 0 Å². The molecule has 28 heavy (non-hydrogen) atoms. The first-order chi connectivity index (χ1) is 13.3. The van der Waals surface area contributed by atoms with Crippen molar-refractivity contribution in [3.05, 3.63) is 35.4 Å². The van der Waals surface area contributed by atoms with Crippen LogP contribution in [0.5, 0.6) is 0 Å². The second-order valence-corrected chi connectivity index (χ2v) is 6.89. The van der Waals surface area contributed by atoms with Gasteiger partial charge in [-0.3, -0.25) is 9.89 Å². The fourth-order valence-corrected chi connectivity index (χ4v) is 3.42. The highest BCUT2D eigenvalue weighted by Crippen LogP contribution is 2.21. The van der Waals surface area contributed by atoms with Crippen molar-refractivity contribution in [2.24, 2.45) is 4.99 Å². The summed E-state index contributed by atoms with van der Waals surface area (Å²) in [5.74, 6) is 0.864. The Morgan fingerprint density at radius 3 is 2.68 bits per heavy atom. The lowest BCUT2D eigenvalue weighted by Crippen LogP contribution is -2.48. The third-order valence-corrected chi connectivity index (χ3v) is 5.07. The monoisotopic (exact) mass is 504 g/mol. The summed E-state index contributed by atoms with van der Waals surface area (Å²) in [5, 5.41) is 6.86. The Morgan fingerprint density at radius 1 is 1.18 bits per heavy atom. The van der Waals surface area contributed by atoms with E-state index in [1.165, 1.54) is 11.1 Å². The van der Waals surface area contributed by atoms with Crippen molar-refractivity contribution >= 4 is 29.9 Å². The van der Waals surface area contributed by atoms with Gasteiger partial charge in [-0.05, 0) is 30.4 Å². The van der Waals surface area contributed by atoms with Crippen molar-refractivity contribution < 1.29 is 9.47 Å². The van der Waals surface area contributed by atoms with Crippen LogP contribution in [0.4, 0.5) is 0 Å². The molecule has 0 bridgehead atoms. The minimum atomic E-state index is 0. The number of benzene rings is 1. The van der Waals surface area contributed by atoms with E-state index in [1.807, 2.05) is 7.05 Å². The molecule has 0 amide bonds. The van der Waals surface area contributed by atoms with Crippen LogP contribution in [0.15, 0.2) is 29.3 Å². The lowest BCUT2D eigenvalue weighted by molar-refractivity contribution is 0.0698. The summed E-state index contributed by atoms with van der Waals surface area (Å²) in [6.07, 6.45) is 3.22. The molecule has 1 aromatic carbocycles. The average Bonchev–Trinajstić information content (AvgIpc) is 2.71. The minimum absolute atomic E-state index is 0. The summed E-state index contributed by atoms with van der Waals surface area (Å²) in [5.41, 5.74) is 2.97. The van der Waals surface area contributed by atoms with Crippen molar-refractivity contribution in [1.82, 2.24) is 15.5 Å². The standard InChI is InChI=1S/C21H36N4O2.HI/c1-4-20(25-12-10-18-8-5-6-9-19(18)17-25)16-24-21(22-2)23-11-7-13-27-15-14-26-3;/h5-6,8-9,20H,4,7,10-17H2,1-3H3,(H2,22,23,24);1H. The number of guanidine groups is 1. The molecular weight excluding hydrogens is 467 g/mol. The summed E-state index contributed by atoms with van der Waals surface area (Å²) in [4.78, 5) is 6.93. The number of halogens is 1. The molecule has 1 aliphatic heterocycles. The molecule has 0 spiro atoms. The summed E-state index contributed by atoms with van der Waals surface area (Å²) in [6.45, 7) is 8.22. The molecule has 2 N–H and O–H groups in total. The molecule has 2 rings (SSSR count). The van der Waals surface area contributed by atoms with Gasteiger partial charge in [-0.25, -0.2) is 0 Å². The third-order valence-electron chi connectivity index (χ3n) is 5.07. The zero-order valence-corrected chi connectivity index (χ0v) is 19.9. The first-order valence-corrected chi connectivity index (χ1v) is 10.1. The Hall–Kier alpha value is -0.900. The van der Waals surface area contributed by atoms with E-state index in [1.54, 1.807) is 7.11 Å². The van der Waals surface area contributed by atoms with Crippen LogP contribution in [0.3, 0.4) is 0 Å². The van der Waals surface area contributed by atoms with Crippen LogP contribution in [0.2, 0.25) is 0 Å². The highest BCUT2D eigenvalue weighted by Gasteiger charge is 2.22. The minimum Gasteiger partial charge on any atom is -0.382 e. The number of ether oxygens (including phenoxy) is 2. The maximum absolute atomic E-state index is 5.48. The molecule has 0 aromatic heterocycles. The summed E-state index contributed by atoms with van der Waals surface area (Å²) >= 11 is 0. The maximum atomic E-state index is 5.48. The number of aliphatic imine (C=N–C) groups is 1. The average molecular weight is 504 g/mol. The van der Waals surface area contributed by atoms with Crippen LogP contribution < -0.4 is 10.6 Å². The van der Waals surface area contributed by atoms with Crippen LogP contribution in [0, 0.1) is 0 Å². The molecule has 0 aliphatic carbocycles. The number of nitrogens with one attached hydrogen (secondary N) is 2. The van der Waals surface area contributed by atoms with E-state index < -0.39 is 0 Å². The summed E-state index contributed by atoms with van der Waals surface area (Å²) in [7, 11) is 3.51. The molecule has 1 aliphatic rings. The van der Waals surface area contributed by atoms with Crippen molar-refractivity contribution in [3.8, 4) is 0 Å². The molecular formula is C21H37IN4O2. The van der Waals surface area contributed by atoms with Gasteiger partial charge < -0.3 is 20.1 Å². The van der Waals surface area contributed by atoms with E-state index in [4.69, 9.17) is 9.47 Å². The molecule has 1 heterocycles. The summed E-state index contributed by atoms with van der Waals surface area (Å²) in [6, 6.07) is 9.32. The van der Waals surface area contributed by atoms with Gasteiger partial charge in [0.15, 0.2) is 5.96 Å². The van der Waals surface area contributed by atoms with Crippen LogP contribution in [0.1, 0.15) is 30.9 Å². The Kier molecular flexibility index (Phi) is 13.5. The van der Waals surface area contributed by atoms with E-state index in [-0.39, 0.29) is 24.0 Å². The topological polar surface area (TPSA) is 58.1 Å². The van der Waals surface area contributed by atoms with E-state index in [9.17, 15) is 0 Å². The van der Waals surface area contributed by atoms with Gasteiger partial charge in [-0.1, -0.05) is 31.2 Å². The first kappa shape index (κ1) is 25.1. The largest absolute Gasteiger partial charge is 0.382 e. The quantitative estimate of drug-likeness (QED) is 0.210. The second-order valence-electron chi connectivity index (χ2n) is 6.89. The van der Waals surface area contributed by atoms with E-state index in [0.717, 1.165) is 58.0 Å². The summed E-state index contributed by atoms with van der Waals surface area (Å²) < 4.78 is 10.4. The van der Waals surface area contributed by atoms with Crippen molar-refractivity contribution in [1.29, 1.82) is 0 Å². The predicted octanol–water partition coefficient (Wildman–Crippen LogP) is 2.66. The van der Waals surface area contributed by atoms with Gasteiger partial charge in [0.1, 0.15) is 0 Å². The van der Waals surface area contributed by atoms with E-state index in [2.05, 4.69) is 51.7 Å². The van der Waals surface area contributed by atoms with E-state index in [0.29, 0.717) is 19.3 Å². The lowest BCUT2D eigenvalue weighted by Gasteiger charge is -2.35. The number of rotatable bonds is 11. The fourth-order valence-electron chi connectivity index (χ4n) is 3.42. The molecule has 6 nitrogen and oxygen atoms in total. The van der Waals surface area contributed by atoms with Gasteiger partial charge in [0, 0.05) is 53.0 Å². The third kappa shape index (κ3) is 8.63. The number of nitrogens with zero attached hydrogens (tertiary/aromatic N) is 2. The number of methoxy groups -OCH3 is 1. The number of hydrogen-bond acceptors (Lipinski definition) is 4. The van der Waals surface area contributed by atoms with Crippen molar-refractivity contribution in [3.63, 3.8) is 0 Å². The molecule has 1 atom stereocenters. The molecule has 1 aromatic rings. The Bertz CT molecular complexity index is 571. The number of fused-ring (bicyclic) bond motifs is 1. The molecule has 160 valence electrons. The molecule has 7 heteroatoms. The van der Waals surface area contributed by atoms with Gasteiger partial charge in [0.25, 0.3) is 0 Å².